The van der Waals surface area contributed by atoms with E-state index in [2.05, 4.69) is 40.2 Å². The van der Waals surface area contributed by atoms with Crippen LogP contribution in [0.2, 0.25) is 0 Å². The van der Waals surface area contributed by atoms with E-state index in [9.17, 15) is 0 Å². The minimum atomic E-state index is 0.376. The molecule has 5 heteroatoms. The van der Waals surface area contributed by atoms with Crippen LogP contribution >= 0.6 is 11.3 Å². The maximum atomic E-state index is 5.83. The number of thiophene rings is 1. The quantitative estimate of drug-likeness (QED) is 0.920. The second-order valence-corrected chi connectivity index (χ2v) is 6.13. The summed E-state index contributed by atoms with van der Waals surface area (Å²) in [5.74, 6) is 2.21. The number of fused-ring (bicyclic) bond motifs is 1. The van der Waals surface area contributed by atoms with Gasteiger partial charge in [0.15, 0.2) is 0 Å². The zero-order chi connectivity index (χ0) is 12.7. The molecule has 0 atom stereocenters. The van der Waals surface area contributed by atoms with Gasteiger partial charge in [-0.2, -0.15) is 4.98 Å². The first-order valence-electron chi connectivity index (χ1n) is 6.42. The average Bonchev–Trinajstić information content (AvgIpc) is 3.01. The predicted octanol–water partition coefficient (Wildman–Crippen LogP) is 2.90. The first-order valence-corrected chi connectivity index (χ1v) is 7.30. The Labute approximate surface area is 111 Å². The molecule has 96 valence electrons. The molecule has 2 heterocycles. The number of anilines is 2. The Hall–Kier alpha value is -1.36. The number of nitrogens with zero attached hydrogens (tertiary/aromatic N) is 3. The van der Waals surface area contributed by atoms with E-state index in [0.717, 1.165) is 28.5 Å². The average molecular weight is 262 g/mol. The SMILES string of the molecule is CC(C)N(CC1CC1)c1nc(N)nc2sccc12. The van der Waals surface area contributed by atoms with Crippen LogP contribution in [0.4, 0.5) is 11.8 Å². The third-order valence-electron chi connectivity index (χ3n) is 3.37. The van der Waals surface area contributed by atoms with Crippen molar-refractivity contribution >= 4 is 33.3 Å². The molecular formula is C13H18N4S. The number of rotatable bonds is 4. The van der Waals surface area contributed by atoms with E-state index in [1.807, 2.05) is 0 Å². The molecular weight excluding hydrogens is 244 g/mol. The monoisotopic (exact) mass is 262 g/mol. The van der Waals surface area contributed by atoms with Crippen LogP contribution < -0.4 is 10.6 Å². The summed E-state index contributed by atoms with van der Waals surface area (Å²) in [4.78, 5) is 12.1. The fraction of sp³-hybridized carbons (Fsp3) is 0.538. The summed E-state index contributed by atoms with van der Waals surface area (Å²) in [6, 6.07) is 2.53. The number of aromatic nitrogens is 2. The van der Waals surface area contributed by atoms with E-state index >= 15 is 0 Å². The Morgan fingerprint density at radius 1 is 1.44 bits per heavy atom. The van der Waals surface area contributed by atoms with Gasteiger partial charge in [-0.3, -0.25) is 0 Å². The van der Waals surface area contributed by atoms with E-state index in [1.165, 1.54) is 12.8 Å². The van der Waals surface area contributed by atoms with Crippen molar-refractivity contribution in [3.8, 4) is 0 Å². The van der Waals surface area contributed by atoms with Gasteiger partial charge in [0, 0.05) is 12.6 Å². The predicted molar refractivity (Wildman–Crippen MR) is 77.0 cm³/mol. The van der Waals surface area contributed by atoms with Crippen LogP contribution in [0.1, 0.15) is 26.7 Å². The molecule has 0 aliphatic heterocycles. The first kappa shape index (κ1) is 11.7. The summed E-state index contributed by atoms with van der Waals surface area (Å²) < 4.78 is 0. The molecule has 1 aliphatic carbocycles. The highest BCUT2D eigenvalue weighted by molar-refractivity contribution is 7.16. The van der Waals surface area contributed by atoms with Gasteiger partial charge in [0.2, 0.25) is 5.95 Å². The molecule has 0 spiro atoms. The molecule has 18 heavy (non-hydrogen) atoms. The minimum Gasteiger partial charge on any atom is -0.368 e. The molecule has 0 amide bonds. The van der Waals surface area contributed by atoms with Crippen LogP contribution in [0, 0.1) is 5.92 Å². The van der Waals surface area contributed by atoms with Crippen LogP contribution in [0.15, 0.2) is 11.4 Å². The number of nitrogen functional groups attached to an aromatic ring is 1. The van der Waals surface area contributed by atoms with E-state index in [1.54, 1.807) is 11.3 Å². The van der Waals surface area contributed by atoms with Crippen molar-refractivity contribution < 1.29 is 0 Å². The molecule has 0 saturated heterocycles. The van der Waals surface area contributed by atoms with E-state index in [4.69, 9.17) is 5.73 Å². The molecule has 1 fully saturated rings. The summed E-state index contributed by atoms with van der Waals surface area (Å²) >= 11 is 1.62. The van der Waals surface area contributed by atoms with Crippen LogP contribution in [-0.4, -0.2) is 22.6 Å². The highest BCUT2D eigenvalue weighted by Gasteiger charge is 2.27. The summed E-state index contributed by atoms with van der Waals surface area (Å²) in [6.07, 6.45) is 2.69. The Morgan fingerprint density at radius 3 is 2.89 bits per heavy atom. The van der Waals surface area contributed by atoms with Crippen molar-refractivity contribution in [1.29, 1.82) is 0 Å². The van der Waals surface area contributed by atoms with Gasteiger partial charge in [-0.1, -0.05) is 0 Å². The maximum absolute atomic E-state index is 5.83. The van der Waals surface area contributed by atoms with Gasteiger partial charge in [0.1, 0.15) is 10.6 Å². The van der Waals surface area contributed by atoms with Gasteiger partial charge in [-0.05, 0) is 44.1 Å². The summed E-state index contributed by atoms with van der Waals surface area (Å²) in [6.45, 7) is 5.50. The lowest BCUT2D eigenvalue weighted by Crippen LogP contribution is -2.33. The molecule has 2 N–H and O–H groups in total. The Bertz CT molecular complexity index is 559. The third kappa shape index (κ3) is 2.14. The summed E-state index contributed by atoms with van der Waals surface area (Å²) in [5, 5.41) is 3.18. The van der Waals surface area contributed by atoms with Crippen LogP contribution in [0.25, 0.3) is 10.2 Å². The van der Waals surface area contributed by atoms with Crippen molar-refractivity contribution in [3.63, 3.8) is 0 Å². The summed E-state index contributed by atoms with van der Waals surface area (Å²) in [7, 11) is 0. The Balaban J connectivity index is 2.05. The fourth-order valence-corrected chi connectivity index (χ4v) is 2.96. The Kier molecular flexibility index (Phi) is 2.86. The molecule has 0 bridgehead atoms. The zero-order valence-electron chi connectivity index (χ0n) is 10.8. The molecule has 0 unspecified atom stereocenters. The third-order valence-corrected chi connectivity index (χ3v) is 4.18. The van der Waals surface area contributed by atoms with Crippen molar-refractivity contribution in [2.75, 3.05) is 17.2 Å². The minimum absolute atomic E-state index is 0.376. The number of hydrogen-bond acceptors (Lipinski definition) is 5. The molecule has 1 saturated carbocycles. The van der Waals surface area contributed by atoms with E-state index in [-0.39, 0.29) is 0 Å². The number of nitrogens with two attached hydrogens (primary N) is 1. The molecule has 1 aliphatic rings. The Morgan fingerprint density at radius 2 is 2.22 bits per heavy atom. The lowest BCUT2D eigenvalue weighted by molar-refractivity contribution is 0.639. The van der Waals surface area contributed by atoms with E-state index < -0.39 is 0 Å². The maximum Gasteiger partial charge on any atom is 0.223 e. The first-order chi connectivity index (χ1) is 8.65. The standard InChI is InChI=1S/C13H18N4S/c1-8(2)17(7-9-3-4-9)11-10-5-6-18-12(10)16-13(14)15-11/h5-6,8-9H,3-4,7H2,1-2H3,(H2,14,15,16). The molecule has 3 rings (SSSR count). The molecule has 0 aromatic carbocycles. The van der Waals surface area contributed by atoms with Gasteiger partial charge in [-0.25, -0.2) is 4.98 Å². The normalized spacial score (nSPS) is 15.5. The molecule has 2 aromatic rings. The second-order valence-electron chi connectivity index (χ2n) is 5.23. The molecule has 2 aromatic heterocycles. The van der Waals surface area contributed by atoms with E-state index in [0.29, 0.717) is 12.0 Å². The van der Waals surface area contributed by atoms with Crippen LogP contribution in [0.5, 0.6) is 0 Å². The largest absolute Gasteiger partial charge is 0.368 e. The fourth-order valence-electron chi connectivity index (χ4n) is 2.20. The highest BCUT2D eigenvalue weighted by atomic mass is 32.1. The van der Waals surface area contributed by atoms with Gasteiger partial charge in [0.05, 0.1) is 5.39 Å². The van der Waals surface area contributed by atoms with Gasteiger partial charge in [0.25, 0.3) is 0 Å². The second kappa shape index (κ2) is 4.39. The van der Waals surface area contributed by atoms with Gasteiger partial charge in [-0.15, -0.1) is 11.3 Å². The summed E-state index contributed by atoms with van der Waals surface area (Å²) in [5.41, 5.74) is 5.83. The lowest BCUT2D eigenvalue weighted by Gasteiger charge is -2.28. The van der Waals surface area contributed by atoms with Crippen molar-refractivity contribution in [3.05, 3.63) is 11.4 Å². The van der Waals surface area contributed by atoms with Gasteiger partial charge >= 0.3 is 0 Å². The van der Waals surface area contributed by atoms with Crippen molar-refractivity contribution in [2.24, 2.45) is 5.92 Å². The van der Waals surface area contributed by atoms with Crippen molar-refractivity contribution in [1.82, 2.24) is 9.97 Å². The van der Waals surface area contributed by atoms with Crippen LogP contribution in [-0.2, 0) is 0 Å². The molecule has 0 radical (unpaired) electrons. The highest BCUT2D eigenvalue weighted by Crippen LogP contribution is 2.35. The lowest BCUT2D eigenvalue weighted by atomic mass is 10.2. The van der Waals surface area contributed by atoms with Gasteiger partial charge < -0.3 is 10.6 Å². The topological polar surface area (TPSA) is 55.0 Å². The molecule has 4 nitrogen and oxygen atoms in total. The number of hydrogen-bond donors (Lipinski definition) is 1. The zero-order valence-corrected chi connectivity index (χ0v) is 11.6. The van der Waals surface area contributed by atoms with Crippen LogP contribution in [0.3, 0.4) is 0 Å². The smallest absolute Gasteiger partial charge is 0.223 e. The van der Waals surface area contributed by atoms with Crippen molar-refractivity contribution in [2.45, 2.75) is 32.7 Å².